The van der Waals surface area contributed by atoms with Crippen LogP contribution in [0.15, 0.2) is 30.3 Å². The van der Waals surface area contributed by atoms with Crippen molar-refractivity contribution in [1.29, 1.82) is 0 Å². The van der Waals surface area contributed by atoms with Crippen LogP contribution in [0.4, 0.5) is 0 Å². The zero-order valence-corrected chi connectivity index (χ0v) is 12.0. The van der Waals surface area contributed by atoms with E-state index in [1.807, 2.05) is 35.2 Å². The highest BCUT2D eigenvalue weighted by molar-refractivity contribution is 5.85. The van der Waals surface area contributed by atoms with Crippen LogP contribution >= 0.6 is 0 Å². The predicted molar refractivity (Wildman–Crippen MR) is 76.7 cm³/mol. The number of nitrogens with one attached hydrogen (secondary N) is 1. The molecule has 1 saturated heterocycles. The molecule has 1 aliphatic rings. The minimum absolute atomic E-state index is 0.111. The average Bonchev–Trinajstić information content (AvgIpc) is 2.67. The average molecular weight is 261 g/mol. The number of rotatable bonds is 5. The van der Waals surface area contributed by atoms with Gasteiger partial charge in [0.1, 0.15) is 6.04 Å². The molecule has 4 heteroatoms. The molecule has 0 bridgehead atoms. The van der Waals surface area contributed by atoms with Gasteiger partial charge in [-0.05, 0) is 39.5 Å². The van der Waals surface area contributed by atoms with Crippen molar-refractivity contribution >= 4 is 5.91 Å². The van der Waals surface area contributed by atoms with Gasteiger partial charge in [-0.1, -0.05) is 30.3 Å². The summed E-state index contributed by atoms with van der Waals surface area (Å²) in [5.74, 6) is 0.192. The maximum atomic E-state index is 12.4. The van der Waals surface area contributed by atoms with Crippen LogP contribution in [0.5, 0.6) is 0 Å². The van der Waals surface area contributed by atoms with E-state index in [0.717, 1.165) is 25.1 Å². The van der Waals surface area contributed by atoms with Crippen molar-refractivity contribution in [2.24, 2.45) is 0 Å². The molecule has 1 N–H and O–H groups in total. The Labute approximate surface area is 115 Å². The van der Waals surface area contributed by atoms with Crippen molar-refractivity contribution in [2.45, 2.75) is 25.6 Å². The Kier molecular flexibility index (Phi) is 4.56. The molecule has 0 aromatic heterocycles. The summed E-state index contributed by atoms with van der Waals surface area (Å²) in [6.07, 6.45) is 1.12. The fraction of sp³-hybridized carbons (Fsp3) is 0.533. The maximum Gasteiger partial charge on any atom is 0.245 e. The van der Waals surface area contributed by atoms with Crippen LogP contribution in [0, 0.1) is 0 Å². The molecule has 19 heavy (non-hydrogen) atoms. The molecule has 0 saturated carbocycles. The van der Waals surface area contributed by atoms with Crippen molar-refractivity contribution in [1.82, 2.24) is 15.1 Å². The molecule has 1 aromatic rings. The van der Waals surface area contributed by atoms with Crippen LogP contribution in [0.3, 0.4) is 0 Å². The number of benzene rings is 1. The Hall–Kier alpha value is -1.39. The lowest BCUT2D eigenvalue weighted by molar-refractivity contribution is -0.130. The highest BCUT2D eigenvalue weighted by atomic mass is 16.2. The SMILES string of the molecule is CC1NC(c2ccccc2)C(=O)N1CCCN(C)C. The van der Waals surface area contributed by atoms with Crippen molar-refractivity contribution in [3.63, 3.8) is 0 Å². The number of hydrogen-bond acceptors (Lipinski definition) is 3. The van der Waals surface area contributed by atoms with Crippen LogP contribution in [0.1, 0.15) is 24.9 Å². The molecule has 1 heterocycles. The lowest BCUT2D eigenvalue weighted by Crippen LogP contribution is -2.36. The van der Waals surface area contributed by atoms with Crippen molar-refractivity contribution < 1.29 is 4.79 Å². The first-order chi connectivity index (χ1) is 9.09. The summed E-state index contributed by atoms with van der Waals surface area (Å²) in [6, 6.07) is 9.75. The van der Waals surface area contributed by atoms with E-state index in [1.165, 1.54) is 0 Å². The van der Waals surface area contributed by atoms with Gasteiger partial charge in [0.2, 0.25) is 5.91 Å². The molecule has 104 valence electrons. The Morgan fingerprint density at radius 2 is 1.95 bits per heavy atom. The molecule has 0 spiro atoms. The van der Waals surface area contributed by atoms with Crippen molar-refractivity contribution in [3.05, 3.63) is 35.9 Å². The molecule has 0 aliphatic carbocycles. The Bertz CT molecular complexity index is 419. The third-order valence-electron chi connectivity index (χ3n) is 3.54. The minimum atomic E-state index is -0.185. The zero-order valence-electron chi connectivity index (χ0n) is 12.0. The lowest BCUT2D eigenvalue weighted by atomic mass is 10.1. The number of carbonyl (C=O) groups is 1. The monoisotopic (exact) mass is 261 g/mol. The number of hydrogen-bond donors (Lipinski definition) is 1. The van der Waals surface area contributed by atoms with E-state index in [-0.39, 0.29) is 18.1 Å². The first-order valence-corrected chi connectivity index (χ1v) is 6.86. The van der Waals surface area contributed by atoms with E-state index in [0.29, 0.717) is 0 Å². The molecule has 2 atom stereocenters. The van der Waals surface area contributed by atoms with Gasteiger partial charge in [0.05, 0.1) is 6.17 Å². The van der Waals surface area contributed by atoms with Crippen molar-refractivity contribution in [3.8, 4) is 0 Å². The highest BCUT2D eigenvalue weighted by Gasteiger charge is 2.36. The minimum Gasteiger partial charge on any atom is -0.326 e. The van der Waals surface area contributed by atoms with E-state index in [4.69, 9.17) is 0 Å². The first kappa shape index (κ1) is 14.0. The Morgan fingerprint density at radius 3 is 2.58 bits per heavy atom. The van der Waals surface area contributed by atoms with Crippen molar-refractivity contribution in [2.75, 3.05) is 27.2 Å². The summed E-state index contributed by atoms with van der Waals surface area (Å²) >= 11 is 0. The third kappa shape index (κ3) is 3.33. The predicted octanol–water partition coefficient (Wildman–Crippen LogP) is 1.46. The summed E-state index contributed by atoms with van der Waals surface area (Å²) in [7, 11) is 4.11. The highest BCUT2D eigenvalue weighted by Crippen LogP contribution is 2.23. The third-order valence-corrected chi connectivity index (χ3v) is 3.54. The molecule has 1 fully saturated rings. The van der Waals surface area contributed by atoms with Gasteiger partial charge < -0.3 is 9.80 Å². The molecule has 1 amide bonds. The van der Waals surface area contributed by atoms with Crippen LogP contribution in [0.25, 0.3) is 0 Å². The van der Waals surface area contributed by atoms with Crippen LogP contribution in [-0.2, 0) is 4.79 Å². The van der Waals surface area contributed by atoms with E-state index in [1.54, 1.807) is 0 Å². The van der Waals surface area contributed by atoms with Crippen LogP contribution in [0.2, 0.25) is 0 Å². The van der Waals surface area contributed by atoms with Gasteiger partial charge in [0.15, 0.2) is 0 Å². The second kappa shape index (κ2) is 6.17. The summed E-state index contributed by atoms with van der Waals surface area (Å²) in [6.45, 7) is 3.87. The standard InChI is InChI=1S/C15H23N3O/c1-12-16-14(13-8-5-4-6-9-13)15(19)18(12)11-7-10-17(2)3/h4-6,8-9,12,14,16H,7,10-11H2,1-3H3. The normalized spacial score (nSPS) is 23.4. The van der Waals surface area contributed by atoms with E-state index in [2.05, 4.69) is 31.2 Å². The van der Waals surface area contributed by atoms with Gasteiger partial charge in [-0.2, -0.15) is 0 Å². The lowest BCUT2D eigenvalue weighted by Gasteiger charge is -2.21. The fourth-order valence-corrected chi connectivity index (χ4v) is 2.50. The van der Waals surface area contributed by atoms with Crippen LogP contribution < -0.4 is 5.32 Å². The smallest absolute Gasteiger partial charge is 0.245 e. The topological polar surface area (TPSA) is 35.6 Å². The molecule has 1 aliphatic heterocycles. The van der Waals surface area contributed by atoms with E-state index >= 15 is 0 Å². The van der Waals surface area contributed by atoms with Gasteiger partial charge in [-0.3, -0.25) is 10.1 Å². The summed E-state index contributed by atoms with van der Waals surface area (Å²) < 4.78 is 0. The molecule has 2 unspecified atom stereocenters. The Balaban J connectivity index is 1.98. The maximum absolute atomic E-state index is 12.4. The van der Waals surface area contributed by atoms with E-state index in [9.17, 15) is 4.79 Å². The number of carbonyl (C=O) groups excluding carboxylic acids is 1. The largest absolute Gasteiger partial charge is 0.326 e. The van der Waals surface area contributed by atoms with Gasteiger partial charge in [-0.15, -0.1) is 0 Å². The summed E-state index contributed by atoms with van der Waals surface area (Å²) in [5, 5.41) is 3.37. The molecule has 4 nitrogen and oxygen atoms in total. The molecule has 0 radical (unpaired) electrons. The zero-order chi connectivity index (χ0) is 13.8. The fourth-order valence-electron chi connectivity index (χ4n) is 2.50. The number of nitrogens with zero attached hydrogens (tertiary/aromatic N) is 2. The molecule has 2 rings (SSSR count). The Morgan fingerprint density at radius 1 is 1.26 bits per heavy atom. The summed E-state index contributed by atoms with van der Waals surface area (Å²) in [5.41, 5.74) is 1.05. The molecular formula is C15H23N3O. The van der Waals surface area contributed by atoms with Crippen LogP contribution in [-0.4, -0.2) is 49.1 Å². The second-order valence-electron chi connectivity index (χ2n) is 5.37. The van der Waals surface area contributed by atoms with E-state index < -0.39 is 0 Å². The first-order valence-electron chi connectivity index (χ1n) is 6.86. The van der Waals surface area contributed by atoms with Gasteiger partial charge in [0.25, 0.3) is 0 Å². The number of amides is 1. The van der Waals surface area contributed by atoms with Gasteiger partial charge >= 0.3 is 0 Å². The molecular weight excluding hydrogens is 238 g/mol. The quantitative estimate of drug-likeness (QED) is 0.871. The molecule has 1 aromatic carbocycles. The van der Waals surface area contributed by atoms with Gasteiger partial charge in [-0.25, -0.2) is 0 Å². The summed E-state index contributed by atoms with van der Waals surface area (Å²) in [4.78, 5) is 16.5. The second-order valence-corrected chi connectivity index (χ2v) is 5.37. The van der Waals surface area contributed by atoms with Gasteiger partial charge in [0, 0.05) is 6.54 Å².